The van der Waals surface area contributed by atoms with Gasteiger partial charge in [-0.25, -0.2) is 4.39 Å². The molecule has 2 aliphatic rings. The molecule has 5 rings (SSSR count). The second-order valence-electron chi connectivity index (χ2n) is 10.0. The number of halogens is 2. The largest absolute Gasteiger partial charge is 0.497 e. The quantitative estimate of drug-likeness (QED) is 0.438. The summed E-state index contributed by atoms with van der Waals surface area (Å²) in [6.45, 7) is 3.76. The van der Waals surface area contributed by atoms with Gasteiger partial charge in [-0.3, -0.25) is 9.59 Å². The van der Waals surface area contributed by atoms with Gasteiger partial charge in [-0.1, -0.05) is 48.0 Å². The van der Waals surface area contributed by atoms with Crippen LogP contribution in [0.5, 0.6) is 5.75 Å². The summed E-state index contributed by atoms with van der Waals surface area (Å²) in [4.78, 5) is 30.1. The van der Waals surface area contributed by atoms with Crippen molar-refractivity contribution in [2.45, 2.75) is 12.5 Å². The maximum Gasteiger partial charge on any atom is 0.258 e. The van der Waals surface area contributed by atoms with E-state index in [-0.39, 0.29) is 28.4 Å². The molecule has 1 N–H and O–H groups in total. The fourth-order valence-electron chi connectivity index (χ4n) is 5.60. The molecule has 0 radical (unpaired) electrons. The van der Waals surface area contributed by atoms with E-state index in [1.54, 1.807) is 42.3 Å². The molecule has 0 aliphatic carbocycles. The van der Waals surface area contributed by atoms with Crippen molar-refractivity contribution in [2.75, 3.05) is 39.8 Å². The number of amides is 2. The Morgan fingerprint density at radius 1 is 0.974 bits per heavy atom. The Morgan fingerprint density at radius 2 is 1.66 bits per heavy atom. The zero-order chi connectivity index (χ0) is 26.6. The molecule has 0 spiro atoms. The Kier molecular flexibility index (Phi) is 7.95. The van der Waals surface area contributed by atoms with Crippen LogP contribution in [0.1, 0.15) is 38.7 Å². The molecule has 198 valence electrons. The number of fused-ring (bicyclic) bond motifs is 1. The molecule has 6 nitrogen and oxygen atoms in total. The van der Waals surface area contributed by atoms with Crippen LogP contribution in [-0.4, -0.2) is 61.4 Å². The molecule has 3 aromatic carbocycles. The van der Waals surface area contributed by atoms with Crippen LogP contribution in [0.4, 0.5) is 4.39 Å². The number of ether oxygens (including phenoxy) is 1. The monoisotopic (exact) mass is 535 g/mol. The number of carbonyl (C=O) groups excluding carboxylic acids is 2. The zero-order valence-electron chi connectivity index (χ0n) is 21.3. The molecule has 2 saturated heterocycles. The van der Waals surface area contributed by atoms with Crippen LogP contribution >= 0.6 is 11.6 Å². The van der Waals surface area contributed by atoms with Crippen LogP contribution in [-0.2, 0) is 0 Å². The number of hydrogen-bond acceptors (Lipinski definition) is 4. The third-order valence-corrected chi connectivity index (χ3v) is 7.93. The SMILES string of the molecule is COc1ccc(C(=O)N[C@@H](CCN2CC3CN(C(=O)c4c(F)cccc4Cl)CC3C2)c2ccccc2)cc1. The van der Waals surface area contributed by atoms with Gasteiger partial charge >= 0.3 is 0 Å². The second-order valence-corrected chi connectivity index (χ2v) is 10.4. The standard InChI is InChI=1S/C30H31ClFN3O3/c1-38-24-12-10-21(11-13-24)29(36)33-27(20-6-3-2-4-7-20)14-15-34-16-22-18-35(19-23(22)17-34)30(37)28-25(31)8-5-9-26(28)32/h2-13,22-23,27H,14-19H2,1H3,(H,33,36)/t22?,23?,27-/m0/s1. The van der Waals surface area contributed by atoms with Gasteiger partial charge in [-0.05, 0) is 60.2 Å². The molecular weight excluding hydrogens is 505 g/mol. The lowest BCUT2D eigenvalue weighted by Crippen LogP contribution is -2.35. The van der Waals surface area contributed by atoms with Crippen LogP contribution in [0.3, 0.4) is 0 Å². The molecule has 3 atom stereocenters. The normalized spacial score (nSPS) is 19.7. The number of benzene rings is 3. The lowest BCUT2D eigenvalue weighted by atomic mass is 10.0. The summed E-state index contributed by atoms with van der Waals surface area (Å²) in [5.41, 5.74) is 1.61. The Morgan fingerprint density at radius 3 is 2.29 bits per heavy atom. The minimum absolute atomic E-state index is 0.0377. The molecule has 2 aliphatic heterocycles. The van der Waals surface area contributed by atoms with Crippen LogP contribution in [0.25, 0.3) is 0 Å². The van der Waals surface area contributed by atoms with Gasteiger partial charge in [0.25, 0.3) is 11.8 Å². The van der Waals surface area contributed by atoms with Gasteiger partial charge < -0.3 is 19.9 Å². The number of carbonyl (C=O) groups is 2. The highest BCUT2D eigenvalue weighted by molar-refractivity contribution is 6.33. The van der Waals surface area contributed by atoms with Crippen molar-refractivity contribution in [3.63, 3.8) is 0 Å². The topological polar surface area (TPSA) is 61.9 Å². The van der Waals surface area contributed by atoms with Crippen molar-refractivity contribution in [2.24, 2.45) is 11.8 Å². The minimum Gasteiger partial charge on any atom is -0.497 e. The van der Waals surface area contributed by atoms with Gasteiger partial charge in [0.1, 0.15) is 11.6 Å². The first-order chi connectivity index (χ1) is 18.4. The highest BCUT2D eigenvalue weighted by atomic mass is 35.5. The predicted molar refractivity (Wildman–Crippen MR) is 145 cm³/mol. The number of likely N-dealkylation sites (tertiary alicyclic amines) is 2. The van der Waals surface area contributed by atoms with Gasteiger partial charge in [0, 0.05) is 38.3 Å². The number of nitrogens with zero attached hydrogens (tertiary/aromatic N) is 2. The van der Waals surface area contributed by atoms with Crippen molar-refractivity contribution in [3.8, 4) is 5.75 Å². The first-order valence-corrected chi connectivity index (χ1v) is 13.3. The smallest absolute Gasteiger partial charge is 0.258 e. The van der Waals surface area contributed by atoms with Crippen LogP contribution < -0.4 is 10.1 Å². The van der Waals surface area contributed by atoms with Crippen molar-refractivity contribution < 1.29 is 18.7 Å². The fourth-order valence-corrected chi connectivity index (χ4v) is 5.85. The van der Waals surface area contributed by atoms with Crippen molar-refractivity contribution in [3.05, 3.63) is 100 Å². The number of hydrogen-bond donors (Lipinski definition) is 1. The Bertz CT molecular complexity index is 1250. The van der Waals surface area contributed by atoms with Gasteiger partial charge in [0.05, 0.1) is 23.7 Å². The molecule has 0 aromatic heterocycles. The Hall–Kier alpha value is -3.42. The average molecular weight is 536 g/mol. The zero-order valence-corrected chi connectivity index (χ0v) is 22.0. The molecule has 2 heterocycles. The summed E-state index contributed by atoms with van der Waals surface area (Å²) in [5, 5.41) is 3.36. The number of methoxy groups -OCH3 is 1. The summed E-state index contributed by atoms with van der Waals surface area (Å²) in [5.74, 6) is 0.352. The van der Waals surface area contributed by atoms with E-state index in [9.17, 15) is 14.0 Å². The summed E-state index contributed by atoms with van der Waals surface area (Å²) in [6, 6.07) is 21.3. The molecule has 0 bridgehead atoms. The summed E-state index contributed by atoms with van der Waals surface area (Å²) < 4.78 is 19.5. The molecule has 2 amide bonds. The average Bonchev–Trinajstić information content (AvgIpc) is 3.50. The second kappa shape index (κ2) is 11.5. The van der Waals surface area contributed by atoms with E-state index < -0.39 is 5.82 Å². The first kappa shape index (κ1) is 26.2. The molecule has 2 fully saturated rings. The minimum atomic E-state index is -0.579. The summed E-state index contributed by atoms with van der Waals surface area (Å²) in [6.07, 6.45) is 0.763. The molecule has 38 heavy (non-hydrogen) atoms. The fraction of sp³-hybridized carbons (Fsp3) is 0.333. The van der Waals surface area contributed by atoms with Gasteiger partial charge in [-0.15, -0.1) is 0 Å². The Balaban J connectivity index is 1.19. The molecule has 3 aromatic rings. The summed E-state index contributed by atoms with van der Waals surface area (Å²) in [7, 11) is 1.60. The van der Waals surface area contributed by atoms with E-state index in [0.717, 1.165) is 31.6 Å². The highest BCUT2D eigenvalue weighted by Gasteiger charge is 2.42. The van der Waals surface area contributed by atoms with E-state index in [2.05, 4.69) is 10.2 Å². The van der Waals surface area contributed by atoms with E-state index in [0.29, 0.717) is 36.2 Å². The van der Waals surface area contributed by atoms with E-state index in [1.165, 1.54) is 12.1 Å². The molecular formula is C30H31ClFN3O3. The van der Waals surface area contributed by atoms with E-state index >= 15 is 0 Å². The third-order valence-electron chi connectivity index (χ3n) is 7.62. The Labute approximate surface area is 227 Å². The van der Waals surface area contributed by atoms with Crippen LogP contribution in [0.2, 0.25) is 5.02 Å². The van der Waals surface area contributed by atoms with E-state index in [1.807, 2.05) is 30.3 Å². The van der Waals surface area contributed by atoms with E-state index in [4.69, 9.17) is 16.3 Å². The lowest BCUT2D eigenvalue weighted by molar-refractivity contribution is 0.0769. The predicted octanol–water partition coefficient (Wildman–Crippen LogP) is 5.05. The molecule has 2 unspecified atom stereocenters. The maximum atomic E-state index is 14.3. The molecule has 0 saturated carbocycles. The van der Waals surface area contributed by atoms with Crippen molar-refractivity contribution in [1.29, 1.82) is 0 Å². The highest BCUT2D eigenvalue weighted by Crippen LogP contribution is 2.34. The van der Waals surface area contributed by atoms with Gasteiger partial charge in [-0.2, -0.15) is 0 Å². The lowest BCUT2D eigenvalue weighted by Gasteiger charge is -2.25. The third kappa shape index (κ3) is 5.69. The van der Waals surface area contributed by atoms with Crippen molar-refractivity contribution >= 4 is 23.4 Å². The van der Waals surface area contributed by atoms with Crippen LogP contribution in [0.15, 0.2) is 72.8 Å². The van der Waals surface area contributed by atoms with Gasteiger partial charge in [0.2, 0.25) is 0 Å². The number of nitrogens with one attached hydrogen (secondary N) is 1. The summed E-state index contributed by atoms with van der Waals surface area (Å²) >= 11 is 6.13. The van der Waals surface area contributed by atoms with Crippen molar-refractivity contribution in [1.82, 2.24) is 15.1 Å². The number of rotatable bonds is 8. The first-order valence-electron chi connectivity index (χ1n) is 12.9. The maximum absolute atomic E-state index is 14.3. The van der Waals surface area contributed by atoms with Crippen LogP contribution in [0, 0.1) is 17.7 Å². The molecule has 8 heteroatoms. The van der Waals surface area contributed by atoms with Gasteiger partial charge in [0.15, 0.2) is 0 Å².